The fourth-order valence-electron chi connectivity index (χ4n) is 2.35. The highest BCUT2D eigenvalue weighted by Gasteiger charge is 2.29. The normalized spacial score (nSPS) is 21.4. The predicted molar refractivity (Wildman–Crippen MR) is 75.5 cm³/mol. The van der Waals surface area contributed by atoms with E-state index in [0.717, 1.165) is 6.42 Å². The van der Waals surface area contributed by atoms with Crippen LogP contribution in [0.2, 0.25) is 0 Å². The summed E-state index contributed by atoms with van der Waals surface area (Å²) in [5, 5.41) is 0. The van der Waals surface area contributed by atoms with Gasteiger partial charge in [-0.05, 0) is 25.3 Å². The minimum atomic E-state index is -3.15. The molecule has 1 heterocycles. The molecule has 0 bridgehead atoms. The van der Waals surface area contributed by atoms with Gasteiger partial charge in [0.1, 0.15) is 0 Å². The van der Waals surface area contributed by atoms with E-state index in [9.17, 15) is 8.42 Å². The van der Waals surface area contributed by atoms with Gasteiger partial charge < -0.3 is 4.74 Å². The van der Waals surface area contributed by atoms with Crippen LogP contribution in [0.3, 0.4) is 0 Å². The Kier molecular flexibility index (Phi) is 4.96. The van der Waals surface area contributed by atoms with Crippen molar-refractivity contribution in [3.63, 3.8) is 0 Å². The first-order chi connectivity index (χ1) is 9.09. The lowest BCUT2D eigenvalue weighted by atomic mass is 10.1. The highest BCUT2D eigenvalue weighted by atomic mass is 32.2. The molecule has 2 rings (SSSR count). The Hall–Kier alpha value is -0.910. The fourth-order valence-corrected chi connectivity index (χ4v) is 4.05. The van der Waals surface area contributed by atoms with Crippen LogP contribution in [0.5, 0.6) is 0 Å². The molecule has 0 N–H and O–H groups in total. The van der Waals surface area contributed by atoms with Gasteiger partial charge in [-0.15, -0.1) is 0 Å². The summed E-state index contributed by atoms with van der Waals surface area (Å²) in [5.74, 6) is 0.215. The van der Waals surface area contributed by atoms with Crippen LogP contribution in [-0.4, -0.2) is 44.3 Å². The summed E-state index contributed by atoms with van der Waals surface area (Å²) in [7, 11) is -3.15. The fraction of sp³-hybridized carbons (Fsp3) is 0.571. The van der Waals surface area contributed by atoms with Crippen molar-refractivity contribution in [1.29, 1.82) is 0 Å². The molecule has 1 aromatic rings. The number of rotatable bonds is 5. The van der Waals surface area contributed by atoms with E-state index in [1.807, 2.05) is 37.3 Å². The maximum absolute atomic E-state index is 12.3. The Labute approximate surface area is 115 Å². The summed E-state index contributed by atoms with van der Waals surface area (Å²) in [5.41, 5.74) is 1.19. The Morgan fingerprint density at radius 1 is 1.32 bits per heavy atom. The molecule has 1 saturated heterocycles. The SMILES string of the molecule is CC1COCCN1S(=O)(=O)CCCc1ccccc1. The quantitative estimate of drug-likeness (QED) is 0.826. The van der Waals surface area contributed by atoms with Gasteiger partial charge in [0.15, 0.2) is 0 Å². The third-order valence-electron chi connectivity index (χ3n) is 3.37. The van der Waals surface area contributed by atoms with Gasteiger partial charge in [0.05, 0.1) is 19.0 Å². The Balaban J connectivity index is 1.87. The van der Waals surface area contributed by atoms with Gasteiger partial charge >= 0.3 is 0 Å². The van der Waals surface area contributed by atoms with Crippen LogP contribution in [0.25, 0.3) is 0 Å². The van der Waals surface area contributed by atoms with Crippen LogP contribution < -0.4 is 0 Å². The van der Waals surface area contributed by atoms with Crippen LogP contribution in [0, 0.1) is 0 Å². The van der Waals surface area contributed by atoms with E-state index in [1.54, 1.807) is 4.31 Å². The highest BCUT2D eigenvalue weighted by molar-refractivity contribution is 7.89. The molecule has 1 aliphatic heterocycles. The Morgan fingerprint density at radius 3 is 2.74 bits per heavy atom. The van der Waals surface area contributed by atoms with Crippen LogP contribution in [-0.2, 0) is 21.2 Å². The zero-order chi connectivity index (χ0) is 13.7. The number of morpholine rings is 1. The van der Waals surface area contributed by atoms with E-state index in [0.29, 0.717) is 26.2 Å². The minimum Gasteiger partial charge on any atom is -0.378 e. The minimum absolute atomic E-state index is 0.0459. The number of sulfonamides is 1. The van der Waals surface area contributed by atoms with Crippen LogP contribution in [0.15, 0.2) is 30.3 Å². The smallest absolute Gasteiger partial charge is 0.214 e. The Morgan fingerprint density at radius 2 is 2.05 bits per heavy atom. The lowest BCUT2D eigenvalue weighted by Gasteiger charge is -2.32. The summed E-state index contributed by atoms with van der Waals surface area (Å²) in [6, 6.07) is 9.95. The molecular weight excluding hydrogens is 262 g/mol. The first-order valence-electron chi connectivity index (χ1n) is 6.71. The van der Waals surface area contributed by atoms with Crippen LogP contribution in [0.1, 0.15) is 18.9 Å². The van der Waals surface area contributed by atoms with Crippen molar-refractivity contribution in [3.05, 3.63) is 35.9 Å². The molecule has 106 valence electrons. The lowest BCUT2D eigenvalue weighted by Crippen LogP contribution is -2.47. The van der Waals surface area contributed by atoms with Gasteiger partial charge in [-0.2, -0.15) is 4.31 Å². The number of hydrogen-bond acceptors (Lipinski definition) is 3. The second kappa shape index (κ2) is 6.50. The molecule has 1 unspecified atom stereocenters. The van der Waals surface area contributed by atoms with Gasteiger partial charge in [-0.25, -0.2) is 8.42 Å². The number of benzene rings is 1. The lowest BCUT2D eigenvalue weighted by molar-refractivity contribution is 0.0393. The van der Waals surface area contributed by atoms with Crippen molar-refractivity contribution in [3.8, 4) is 0 Å². The highest BCUT2D eigenvalue weighted by Crippen LogP contribution is 2.14. The van der Waals surface area contributed by atoms with Crippen molar-refractivity contribution < 1.29 is 13.2 Å². The van der Waals surface area contributed by atoms with Gasteiger partial charge in [0.25, 0.3) is 0 Å². The maximum atomic E-state index is 12.3. The zero-order valence-corrected chi connectivity index (χ0v) is 12.1. The third kappa shape index (κ3) is 4.03. The molecule has 0 aliphatic carbocycles. The van der Waals surface area contributed by atoms with Gasteiger partial charge in [-0.1, -0.05) is 30.3 Å². The van der Waals surface area contributed by atoms with E-state index in [-0.39, 0.29) is 11.8 Å². The van der Waals surface area contributed by atoms with Gasteiger partial charge in [0.2, 0.25) is 10.0 Å². The summed E-state index contributed by atoms with van der Waals surface area (Å²) < 4.78 is 31.4. The second-order valence-electron chi connectivity index (χ2n) is 4.94. The predicted octanol–water partition coefficient (Wildman–Crippen LogP) is 1.67. The van der Waals surface area contributed by atoms with Gasteiger partial charge in [0, 0.05) is 12.6 Å². The van der Waals surface area contributed by atoms with Crippen molar-refractivity contribution >= 4 is 10.0 Å². The average Bonchev–Trinajstić information content (AvgIpc) is 2.40. The summed E-state index contributed by atoms with van der Waals surface area (Å²) in [4.78, 5) is 0. The van der Waals surface area contributed by atoms with Crippen LogP contribution >= 0.6 is 0 Å². The molecule has 1 aromatic carbocycles. The summed E-state index contributed by atoms with van der Waals surface area (Å²) in [6.07, 6.45) is 1.47. The molecule has 0 saturated carbocycles. The second-order valence-corrected chi connectivity index (χ2v) is 6.98. The number of aryl methyl sites for hydroxylation is 1. The summed E-state index contributed by atoms with van der Waals surface area (Å²) in [6.45, 7) is 3.38. The van der Waals surface area contributed by atoms with Crippen molar-refractivity contribution in [2.24, 2.45) is 0 Å². The van der Waals surface area contributed by atoms with E-state index in [2.05, 4.69) is 0 Å². The van der Waals surface area contributed by atoms with Gasteiger partial charge in [-0.3, -0.25) is 0 Å². The first kappa shape index (κ1) is 14.5. The van der Waals surface area contributed by atoms with Crippen molar-refractivity contribution in [1.82, 2.24) is 4.31 Å². The topological polar surface area (TPSA) is 46.6 Å². The average molecular weight is 283 g/mol. The van der Waals surface area contributed by atoms with Crippen molar-refractivity contribution in [2.45, 2.75) is 25.8 Å². The third-order valence-corrected chi connectivity index (χ3v) is 5.44. The Bertz CT molecular complexity index is 487. The molecular formula is C14H21NO3S. The molecule has 19 heavy (non-hydrogen) atoms. The van der Waals surface area contributed by atoms with E-state index in [1.165, 1.54) is 5.56 Å². The molecule has 0 radical (unpaired) electrons. The molecule has 0 amide bonds. The van der Waals surface area contributed by atoms with E-state index < -0.39 is 10.0 Å². The number of hydrogen-bond donors (Lipinski definition) is 0. The molecule has 1 atom stereocenters. The standard InChI is InChI=1S/C14H21NO3S/c1-13-12-18-10-9-15(13)19(16,17)11-5-8-14-6-3-2-4-7-14/h2-4,6-7,13H,5,8-12H2,1H3. The number of ether oxygens (including phenoxy) is 1. The van der Waals surface area contributed by atoms with E-state index in [4.69, 9.17) is 4.74 Å². The molecule has 5 heteroatoms. The molecule has 0 spiro atoms. The molecule has 0 aromatic heterocycles. The van der Waals surface area contributed by atoms with E-state index >= 15 is 0 Å². The zero-order valence-electron chi connectivity index (χ0n) is 11.3. The first-order valence-corrected chi connectivity index (χ1v) is 8.32. The summed E-state index contributed by atoms with van der Waals surface area (Å²) >= 11 is 0. The van der Waals surface area contributed by atoms with Crippen LogP contribution in [0.4, 0.5) is 0 Å². The molecule has 4 nitrogen and oxygen atoms in total. The monoisotopic (exact) mass is 283 g/mol. The number of nitrogens with zero attached hydrogens (tertiary/aromatic N) is 1. The maximum Gasteiger partial charge on any atom is 0.214 e. The largest absolute Gasteiger partial charge is 0.378 e. The van der Waals surface area contributed by atoms with Crippen molar-refractivity contribution in [2.75, 3.05) is 25.5 Å². The molecule has 1 fully saturated rings. The molecule has 1 aliphatic rings.